The minimum atomic E-state index is -4.92. The molecule has 7 N–H and O–H groups in total. The van der Waals surface area contributed by atoms with Gasteiger partial charge in [-0.25, -0.2) is 8.42 Å². The molecule has 248 valence electrons. The molecule has 4 aromatic carbocycles. The third kappa shape index (κ3) is 7.48. The number of azo groups is 1. The molecule has 0 radical (unpaired) electrons. The van der Waals surface area contributed by atoms with Gasteiger partial charge in [-0.2, -0.15) is 31.8 Å². The van der Waals surface area contributed by atoms with Crippen molar-refractivity contribution >= 4 is 92.8 Å². The Bertz CT molecular complexity index is 2480. The summed E-state index contributed by atoms with van der Waals surface area (Å²) in [6.07, 6.45) is 0. The largest absolute Gasteiger partial charge is 0.507 e. The summed E-state index contributed by atoms with van der Waals surface area (Å²) in [5.41, 5.74) is 5.91. The molecule has 0 aliphatic rings. The van der Waals surface area contributed by atoms with Crippen LogP contribution in [0.4, 0.5) is 40.3 Å². The van der Waals surface area contributed by atoms with E-state index in [2.05, 4.69) is 42.4 Å². The first-order valence-corrected chi connectivity index (χ1v) is 17.7. The maximum atomic E-state index is 12.3. The number of fused-ring (bicyclic) bond motifs is 1. The van der Waals surface area contributed by atoms with Gasteiger partial charge in [0.15, 0.2) is 9.84 Å². The summed E-state index contributed by atoms with van der Waals surface area (Å²) in [5, 5.41) is 24.6. The van der Waals surface area contributed by atoms with Crippen LogP contribution < -0.4 is 16.4 Å². The maximum absolute atomic E-state index is 12.3. The molecule has 21 heteroatoms. The van der Waals surface area contributed by atoms with Crippen LogP contribution in [0.3, 0.4) is 0 Å². The highest BCUT2D eigenvalue weighted by Crippen LogP contribution is 2.41. The molecule has 0 atom stereocenters. The molecule has 0 spiro atoms. The van der Waals surface area contributed by atoms with Crippen LogP contribution in [0, 0.1) is 0 Å². The number of phenols is 1. The molecular weight excluding hydrogens is 712 g/mol. The lowest BCUT2D eigenvalue weighted by Crippen LogP contribution is -2.05. The number of anilines is 5. The fourth-order valence-corrected chi connectivity index (χ4v) is 6.25. The van der Waals surface area contributed by atoms with Gasteiger partial charge in [0.05, 0.1) is 20.9 Å². The summed E-state index contributed by atoms with van der Waals surface area (Å²) < 4.78 is 91.0. The third-order valence-corrected chi connectivity index (χ3v) is 9.64. The second kappa shape index (κ2) is 12.7. The quantitative estimate of drug-likeness (QED) is 0.0605. The average Bonchev–Trinajstić information content (AvgIpc) is 3.00. The van der Waals surface area contributed by atoms with E-state index in [0.717, 1.165) is 23.6 Å². The monoisotopic (exact) mass is 732 g/mol. The smallest absolute Gasteiger partial charge is 0.296 e. The number of nitrogens with two attached hydrogens (primary N) is 1. The Labute approximate surface area is 277 Å². The van der Waals surface area contributed by atoms with E-state index in [1.165, 1.54) is 48.5 Å². The fraction of sp³-hybridized carbons (Fsp3) is 0. The van der Waals surface area contributed by atoms with Gasteiger partial charge in [-0.3, -0.25) is 9.11 Å². The Morgan fingerprint density at radius 2 is 1.40 bits per heavy atom. The molecule has 17 nitrogen and oxygen atoms in total. The average molecular weight is 733 g/mol. The minimum Gasteiger partial charge on any atom is -0.507 e. The number of nitrogens with zero attached hydrogens (tertiary/aromatic N) is 5. The van der Waals surface area contributed by atoms with Gasteiger partial charge in [0.2, 0.25) is 17.2 Å². The van der Waals surface area contributed by atoms with Crippen molar-refractivity contribution < 1.29 is 39.5 Å². The number of hydrogen-bond acceptors (Lipinski definition) is 15. The topological polar surface area (TPSA) is 277 Å². The summed E-state index contributed by atoms with van der Waals surface area (Å²) >= 11 is 6.04. The van der Waals surface area contributed by atoms with Crippen molar-refractivity contribution in [3.8, 4) is 5.75 Å². The van der Waals surface area contributed by atoms with E-state index >= 15 is 0 Å². The van der Waals surface area contributed by atoms with Crippen molar-refractivity contribution in [2.45, 2.75) is 14.7 Å². The van der Waals surface area contributed by atoms with Crippen molar-refractivity contribution in [2.75, 3.05) is 16.4 Å². The van der Waals surface area contributed by atoms with Gasteiger partial charge in [0.1, 0.15) is 22.0 Å². The molecule has 48 heavy (non-hydrogen) atoms. The molecular formula is C27H21ClN8O9S3. The highest BCUT2D eigenvalue weighted by atomic mass is 35.5. The van der Waals surface area contributed by atoms with Crippen LogP contribution in [-0.2, 0) is 30.1 Å². The number of nitrogen functional groups attached to an aromatic ring is 1. The molecule has 0 fully saturated rings. The van der Waals surface area contributed by atoms with Crippen LogP contribution in [0.25, 0.3) is 10.8 Å². The van der Waals surface area contributed by atoms with Crippen LogP contribution in [0.5, 0.6) is 5.75 Å². The Morgan fingerprint density at radius 1 is 0.771 bits per heavy atom. The van der Waals surface area contributed by atoms with E-state index in [4.69, 9.17) is 17.3 Å². The van der Waals surface area contributed by atoms with E-state index in [0.29, 0.717) is 5.69 Å². The summed E-state index contributed by atoms with van der Waals surface area (Å²) in [5.74, 6) is -0.822. The van der Waals surface area contributed by atoms with Gasteiger partial charge in [-0.1, -0.05) is 12.6 Å². The lowest BCUT2D eigenvalue weighted by atomic mass is 10.1. The number of hydrogen-bond donors (Lipinski definition) is 6. The van der Waals surface area contributed by atoms with Gasteiger partial charge < -0.3 is 21.5 Å². The Balaban J connectivity index is 1.45. The van der Waals surface area contributed by atoms with E-state index in [1.54, 1.807) is 0 Å². The highest BCUT2D eigenvalue weighted by molar-refractivity contribution is 7.94. The van der Waals surface area contributed by atoms with Crippen molar-refractivity contribution in [3.05, 3.63) is 84.0 Å². The first kappa shape index (κ1) is 34.1. The maximum Gasteiger partial charge on any atom is 0.296 e. The molecule has 0 aliphatic heterocycles. The van der Waals surface area contributed by atoms with E-state index < -0.39 is 45.6 Å². The minimum absolute atomic E-state index is 0.0182. The Morgan fingerprint density at radius 3 is 2.00 bits per heavy atom. The van der Waals surface area contributed by atoms with Crippen molar-refractivity contribution in [3.63, 3.8) is 0 Å². The van der Waals surface area contributed by atoms with Crippen LogP contribution in [0.1, 0.15) is 0 Å². The van der Waals surface area contributed by atoms with E-state index in [9.17, 15) is 39.5 Å². The van der Waals surface area contributed by atoms with Gasteiger partial charge in [-0.15, -0.1) is 10.2 Å². The van der Waals surface area contributed by atoms with Gasteiger partial charge in [0, 0.05) is 22.8 Å². The number of phenolic OH excluding ortho intramolecular Hbond substituents is 1. The van der Waals surface area contributed by atoms with Crippen LogP contribution in [-0.4, -0.2) is 54.4 Å². The summed E-state index contributed by atoms with van der Waals surface area (Å²) in [4.78, 5) is 10.8. The second-order valence-electron chi connectivity index (χ2n) is 9.61. The summed E-state index contributed by atoms with van der Waals surface area (Å²) in [6.45, 7) is 3.28. The van der Waals surface area contributed by atoms with Crippen LogP contribution in [0.15, 0.2) is 104 Å². The van der Waals surface area contributed by atoms with Gasteiger partial charge in [0.25, 0.3) is 20.2 Å². The molecule has 5 aromatic rings. The molecule has 0 saturated heterocycles. The lowest BCUT2D eigenvalue weighted by molar-refractivity contribution is 0.471. The van der Waals surface area contributed by atoms with Crippen molar-refractivity contribution in [2.24, 2.45) is 10.2 Å². The third-order valence-electron chi connectivity index (χ3n) is 6.39. The Kier molecular flexibility index (Phi) is 9.05. The molecule has 0 unspecified atom stereocenters. The predicted molar refractivity (Wildman–Crippen MR) is 175 cm³/mol. The zero-order chi connectivity index (χ0) is 35.0. The predicted octanol–water partition coefficient (Wildman–Crippen LogP) is 5.28. The SMILES string of the molecule is C=CS(=O)(=O)c1ccc(Nc2nc(Cl)nc(Nc3ccc(/N=N/c4c(N)ccc5cc(S(=O)(=O)O)cc(O)c45)c(S(=O)(=O)O)c3)n2)cc1. The molecule has 0 aliphatic carbocycles. The zero-order valence-electron chi connectivity index (χ0n) is 23.8. The van der Waals surface area contributed by atoms with Crippen molar-refractivity contribution in [1.82, 2.24) is 15.0 Å². The molecule has 5 rings (SSSR count). The molecule has 1 aromatic heterocycles. The standard InChI is InChI=1S/C27H21ClN8O9S3/c1-2-46(38,39)17-7-4-15(5-8-17)30-26-32-25(28)33-27(34-26)31-16-6-10-20(22(12-16)48(43,44)45)35-36-24-19(29)9-3-14-11-18(47(40,41)42)13-21(37)23(14)24/h2-13,37H,1,29H2,(H,40,41,42)(H,43,44,45)(H2,30,31,32,33,34)/b36-35+. The lowest BCUT2D eigenvalue weighted by Gasteiger charge is -2.11. The van der Waals surface area contributed by atoms with E-state index in [-0.39, 0.29) is 55.6 Å². The number of halogens is 1. The van der Waals surface area contributed by atoms with Gasteiger partial charge in [-0.05, 0) is 71.6 Å². The molecule has 0 amide bonds. The van der Waals surface area contributed by atoms with E-state index in [1.807, 2.05) is 0 Å². The van der Waals surface area contributed by atoms with Crippen molar-refractivity contribution in [1.29, 1.82) is 0 Å². The number of aromatic hydroxyl groups is 1. The highest BCUT2D eigenvalue weighted by Gasteiger charge is 2.20. The van der Waals surface area contributed by atoms with Crippen LogP contribution >= 0.6 is 11.6 Å². The second-order valence-corrected chi connectivity index (χ2v) is 14.7. The summed E-state index contributed by atoms with van der Waals surface area (Å²) in [7, 11) is -13.2. The molecule has 0 bridgehead atoms. The first-order valence-electron chi connectivity index (χ1n) is 12.9. The number of aromatic nitrogens is 3. The number of nitrogens with one attached hydrogen (secondary N) is 2. The number of benzene rings is 4. The Hall–Kier alpha value is -5.25. The fourth-order valence-electron chi connectivity index (χ4n) is 4.20. The zero-order valence-corrected chi connectivity index (χ0v) is 27.0. The number of rotatable bonds is 10. The number of sulfone groups is 1. The normalized spacial score (nSPS) is 12.3. The van der Waals surface area contributed by atoms with Crippen LogP contribution in [0.2, 0.25) is 5.28 Å². The summed E-state index contributed by atoms with van der Waals surface area (Å²) in [6, 6.07) is 13.6. The van der Waals surface area contributed by atoms with Gasteiger partial charge >= 0.3 is 0 Å². The molecule has 1 heterocycles. The first-order chi connectivity index (χ1) is 22.4. The molecule has 0 saturated carbocycles.